The Morgan fingerprint density at radius 2 is 1.90 bits per heavy atom. The Kier molecular flexibility index (Phi) is 5.95. The summed E-state index contributed by atoms with van der Waals surface area (Å²) in [5.41, 5.74) is 2.46. The van der Waals surface area contributed by atoms with Crippen molar-refractivity contribution in [2.24, 2.45) is 0 Å². The Labute approximate surface area is 185 Å². The lowest BCUT2D eigenvalue weighted by Gasteiger charge is -2.26. The van der Waals surface area contributed by atoms with Crippen molar-refractivity contribution in [2.45, 2.75) is 6.54 Å². The van der Waals surface area contributed by atoms with Crippen molar-refractivity contribution in [2.75, 3.05) is 18.1 Å². The first kappa shape index (κ1) is 20.3. The van der Waals surface area contributed by atoms with Crippen LogP contribution in [-0.2, 0) is 6.54 Å². The molecule has 4 rings (SSSR count). The molecule has 0 saturated carbocycles. The van der Waals surface area contributed by atoms with Gasteiger partial charge in [-0.2, -0.15) is 5.26 Å². The van der Waals surface area contributed by atoms with E-state index in [1.165, 1.54) is 11.3 Å². The molecular weight excluding hydrogens is 464 g/mol. The van der Waals surface area contributed by atoms with Gasteiger partial charge >= 0.3 is 0 Å². The number of thiophene rings is 1. The molecule has 0 radical (unpaired) electrons. The fourth-order valence-corrected chi connectivity index (χ4v) is 4.81. The van der Waals surface area contributed by atoms with E-state index in [1.54, 1.807) is 16.7 Å². The van der Waals surface area contributed by atoms with Crippen LogP contribution in [0.1, 0.15) is 11.1 Å². The van der Waals surface area contributed by atoms with Gasteiger partial charge in [0.1, 0.15) is 10.2 Å². The number of anilines is 2. The van der Waals surface area contributed by atoms with E-state index in [4.69, 9.17) is 4.98 Å². The molecule has 6 nitrogen and oxygen atoms in total. The predicted octanol–water partition coefficient (Wildman–Crippen LogP) is 4.27. The molecule has 30 heavy (non-hydrogen) atoms. The van der Waals surface area contributed by atoms with Crippen molar-refractivity contribution in [1.82, 2.24) is 9.55 Å². The second-order valence-corrected chi connectivity index (χ2v) is 8.28. The normalized spacial score (nSPS) is 10.8. The van der Waals surface area contributed by atoms with Gasteiger partial charge in [0, 0.05) is 17.6 Å². The van der Waals surface area contributed by atoms with Gasteiger partial charge in [-0.3, -0.25) is 9.36 Å². The Bertz CT molecular complexity index is 1290. The standard InChI is InChI=1S/C22H17BrN4O2S/c23-18-14-30-20-19(18)25-22(26(10-11-28)17-8-2-1-3-9-17)27(21(20)29)13-16-7-5-4-6-15(16)12-24/h1-9,14,28H,10-11,13H2. The van der Waals surface area contributed by atoms with Crippen molar-refractivity contribution in [3.8, 4) is 6.07 Å². The van der Waals surface area contributed by atoms with E-state index >= 15 is 0 Å². The summed E-state index contributed by atoms with van der Waals surface area (Å²) >= 11 is 4.81. The number of benzene rings is 2. The van der Waals surface area contributed by atoms with Crippen molar-refractivity contribution in [3.63, 3.8) is 0 Å². The maximum atomic E-state index is 13.4. The molecule has 0 aliphatic rings. The van der Waals surface area contributed by atoms with E-state index in [2.05, 4.69) is 22.0 Å². The van der Waals surface area contributed by atoms with Crippen LogP contribution in [0.3, 0.4) is 0 Å². The molecule has 1 N–H and O–H groups in total. The van der Waals surface area contributed by atoms with Gasteiger partial charge in [0.05, 0.1) is 29.3 Å². The number of para-hydroxylation sites is 1. The first-order valence-electron chi connectivity index (χ1n) is 9.23. The zero-order chi connectivity index (χ0) is 21.1. The molecule has 2 aromatic heterocycles. The minimum absolute atomic E-state index is 0.109. The molecular formula is C22H17BrN4O2S. The van der Waals surface area contributed by atoms with Gasteiger partial charge in [-0.25, -0.2) is 4.98 Å². The Morgan fingerprint density at radius 1 is 1.17 bits per heavy atom. The molecule has 0 spiro atoms. The van der Waals surface area contributed by atoms with Crippen LogP contribution in [0.15, 0.2) is 69.2 Å². The monoisotopic (exact) mass is 480 g/mol. The number of nitrogens with zero attached hydrogens (tertiary/aromatic N) is 4. The molecule has 2 aromatic carbocycles. The lowest BCUT2D eigenvalue weighted by molar-refractivity contribution is 0.305. The van der Waals surface area contributed by atoms with Crippen LogP contribution in [0, 0.1) is 11.3 Å². The number of aliphatic hydroxyl groups is 1. The van der Waals surface area contributed by atoms with Gasteiger partial charge in [0.2, 0.25) is 5.95 Å². The van der Waals surface area contributed by atoms with E-state index in [-0.39, 0.29) is 25.3 Å². The first-order chi connectivity index (χ1) is 14.6. The van der Waals surface area contributed by atoms with Gasteiger partial charge in [-0.1, -0.05) is 36.4 Å². The Balaban J connectivity index is 1.97. The highest BCUT2D eigenvalue weighted by molar-refractivity contribution is 9.10. The number of nitriles is 1. The number of aromatic nitrogens is 2. The number of halogens is 1. The SMILES string of the molecule is N#Cc1ccccc1Cn1c(N(CCO)c2ccccc2)nc2c(Br)csc2c1=O. The highest BCUT2D eigenvalue weighted by atomic mass is 79.9. The maximum absolute atomic E-state index is 13.4. The topological polar surface area (TPSA) is 82.2 Å². The van der Waals surface area contributed by atoms with Gasteiger partial charge in [0.25, 0.3) is 5.56 Å². The molecule has 0 aliphatic carbocycles. The zero-order valence-electron chi connectivity index (χ0n) is 15.8. The van der Waals surface area contributed by atoms with E-state index in [9.17, 15) is 15.2 Å². The van der Waals surface area contributed by atoms with Crippen molar-refractivity contribution < 1.29 is 5.11 Å². The maximum Gasteiger partial charge on any atom is 0.273 e. The highest BCUT2D eigenvalue weighted by Gasteiger charge is 2.21. The van der Waals surface area contributed by atoms with Crippen molar-refractivity contribution in [1.29, 1.82) is 5.26 Å². The molecule has 0 atom stereocenters. The fourth-order valence-electron chi connectivity index (χ4n) is 3.30. The number of rotatable bonds is 6. The average Bonchev–Trinajstić information content (AvgIpc) is 3.15. The van der Waals surface area contributed by atoms with Gasteiger partial charge < -0.3 is 10.0 Å². The van der Waals surface area contributed by atoms with Gasteiger partial charge in [-0.15, -0.1) is 11.3 Å². The average molecular weight is 481 g/mol. The molecule has 0 bridgehead atoms. The summed E-state index contributed by atoms with van der Waals surface area (Å²) in [5, 5.41) is 21.0. The van der Waals surface area contributed by atoms with Crippen LogP contribution >= 0.6 is 27.3 Å². The summed E-state index contributed by atoms with van der Waals surface area (Å²) in [5.74, 6) is 0.416. The third kappa shape index (κ3) is 3.75. The van der Waals surface area contributed by atoms with Crippen LogP contribution in [0.2, 0.25) is 0 Å². The predicted molar refractivity (Wildman–Crippen MR) is 122 cm³/mol. The van der Waals surface area contributed by atoms with E-state index < -0.39 is 0 Å². The summed E-state index contributed by atoms with van der Waals surface area (Å²) in [6, 6.07) is 18.9. The number of aliphatic hydroxyl groups excluding tert-OH is 1. The van der Waals surface area contributed by atoms with Crippen LogP contribution < -0.4 is 10.5 Å². The van der Waals surface area contributed by atoms with Crippen LogP contribution in [0.5, 0.6) is 0 Å². The van der Waals surface area contributed by atoms with E-state index in [0.29, 0.717) is 21.7 Å². The number of hydrogen-bond donors (Lipinski definition) is 1. The molecule has 150 valence electrons. The van der Waals surface area contributed by atoms with Crippen molar-refractivity contribution >= 4 is 49.1 Å². The number of fused-ring (bicyclic) bond motifs is 1. The first-order valence-corrected chi connectivity index (χ1v) is 10.9. The van der Waals surface area contributed by atoms with Crippen LogP contribution in [0.4, 0.5) is 11.6 Å². The summed E-state index contributed by atoms with van der Waals surface area (Å²) in [6.45, 7) is 0.358. The summed E-state index contributed by atoms with van der Waals surface area (Å²) in [4.78, 5) is 20.1. The van der Waals surface area contributed by atoms with Crippen molar-refractivity contribution in [3.05, 3.63) is 85.9 Å². The Hall–Kier alpha value is -2.99. The summed E-state index contributed by atoms with van der Waals surface area (Å²) in [6.07, 6.45) is 0. The Morgan fingerprint density at radius 3 is 2.63 bits per heavy atom. The molecule has 0 amide bonds. The largest absolute Gasteiger partial charge is 0.395 e. The highest BCUT2D eigenvalue weighted by Crippen LogP contribution is 2.31. The molecule has 8 heteroatoms. The quantitative estimate of drug-likeness (QED) is 0.445. The molecule has 0 unspecified atom stereocenters. The molecule has 2 heterocycles. The number of hydrogen-bond acceptors (Lipinski definition) is 6. The minimum Gasteiger partial charge on any atom is -0.395 e. The minimum atomic E-state index is -0.183. The molecule has 4 aromatic rings. The van der Waals surface area contributed by atoms with E-state index in [1.807, 2.05) is 52.7 Å². The lowest BCUT2D eigenvalue weighted by Crippen LogP contribution is -2.32. The second-order valence-electron chi connectivity index (χ2n) is 6.54. The zero-order valence-corrected chi connectivity index (χ0v) is 18.2. The molecule has 0 fully saturated rings. The van der Waals surface area contributed by atoms with Gasteiger partial charge in [0.15, 0.2) is 0 Å². The summed E-state index contributed by atoms with van der Waals surface area (Å²) < 4.78 is 2.86. The second kappa shape index (κ2) is 8.79. The van der Waals surface area contributed by atoms with Crippen LogP contribution in [-0.4, -0.2) is 27.8 Å². The molecule has 0 aliphatic heterocycles. The summed E-state index contributed by atoms with van der Waals surface area (Å²) in [7, 11) is 0. The molecule has 0 saturated heterocycles. The third-order valence-electron chi connectivity index (χ3n) is 4.71. The lowest BCUT2D eigenvalue weighted by atomic mass is 10.1. The van der Waals surface area contributed by atoms with E-state index in [0.717, 1.165) is 15.7 Å². The van der Waals surface area contributed by atoms with Gasteiger partial charge in [-0.05, 0) is 39.7 Å². The fraction of sp³-hybridized carbons (Fsp3) is 0.136. The third-order valence-corrected chi connectivity index (χ3v) is 6.58. The smallest absolute Gasteiger partial charge is 0.273 e. The van der Waals surface area contributed by atoms with Crippen LogP contribution in [0.25, 0.3) is 10.2 Å².